The summed E-state index contributed by atoms with van der Waals surface area (Å²) < 4.78 is 5.64. The molecule has 2 fully saturated rings. The molecule has 3 heterocycles. The van der Waals surface area contributed by atoms with Crippen LogP contribution < -0.4 is 0 Å². The third-order valence-electron chi connectivity index (χ3n) is 6.31. The first-order valence-corrected chi connectivity index (χ1v) is 10.7. The van der Waals surface area contributed by atoms with Gasteiger partial charge in [0.25, 0.3) is 5.91 Å². The summed E-state index contributed by atoms with van der Waals surface area (Å²) in [4.78, 5) is 22.1. The molecule has 4 rings (SSSR count). The summed E-state index contributed by atoms with van der Waals surface area (Å²) in [5, 5.41) is 0. The minimum absolute atomic E-state index is 0.215. The molecule has 1 aromatic heterocycles. The molecule has 2 saturated heterocycles. The number of amides is 1. The van der Waals surface area contributed by atoms with Crippen LogP contribution in [0.4, 0.5) is 0 Å². The van der Waals surface area contributed by atoms with Crippen molar-refractivity contribution >= 4 is 5.91 Å². The van der Waals surface area contributed by atoms with Gasteiger partial charge in [-0.2, -0.15) is 0 Å². The molecule has 0 spiro atoms. The van der Waals surface area contributed by atoms with Crippen LogP contribution in [-0.4, -0.2) is 46.4 Å². The SMILES string of the molecule is Cc1ncc(CN2CCC(C3CCCCCN3C(=O)c3ccccc3)CC2)o1. The number of rotatable bonds is 4. The van der Waals surface area contributed by atoms with Gasteiger partial charge in [-0.25, -0.2) is 4.98 Å². The van der Waals surface area contributed by atoms with E-state index in [1.54, 1.807) is 0 Å². The van der Waals surface area contributed by atoms with Crippen LogP contribution in [0.1, 0.15) is 60.5 Å². The van der Waals surface area contributed by atoms with Gasteiger partial charge < -0.3 is 9.32 Å². The zero-order valence-electron chi connectivity index (χ0n) is 16.8. The van der Waals surface area contributed by atoms with E-state index in [1.165, 1.54) is 12.8 Å². The molecule has 0 saturated carbocycles. The lowest BCUT2D eigenvalue weighted by Gasteiger charge is -2.40. The van der Waals surface area contributed by atoms with Crippen molar-refractivity contribution in [1.29, 1.82) is 0 Å². The smallest absolute Gasteiger partial charge is 0.254 e. The molecule has 0 radical (unpaired) electrons. The third-order valence-corrected chi connectivity index (χ3v) is 6.31. The van der Waals surface area contributed by atoms with Gasteiger partial charge in [-0.1, -0.05) is 31.0 Å². The third kappa shape index (κ3) is 4.46. The molecule has 1 atom stereocenters. The number of nitrogens with zero attached hydrogens (tertiary/aromatic N) is 3. The van der Waals surface area contributed by atoms with E-state index < -0.39 is 0 Å². The second kappa shape index (κ2) is 8.91. The summed E-state index contributed by atoms with van der Waals surface area (Å²) in [7, 11) is 0. The highest BCUT2D eigenvalue weighted by Gasteiger charge is 2.34. The minimum atomic E-state index is 0.215. The van der Waals surface area contributed by atoms with Crippen molar-refractivity contribution in [1.82, 2.24) is 14.8 Å². The number of oxazole rings is 1. The van der Waals surface area contributed by atoms with Crippen LogP contribution in [0.15, 0.2) is 40.9 Å². The van der Waals surface area contributed by atoms with Crippen molar-refractivity contribution in [3.05, 3.63) is 53.7 Å². The Kier molecular flexibility index (Phi) is 6.10. The van der Waals surface area contributed by atoms with Crippen molar-refractivity contribution < 1.29 is 9.21 Å². The standard InChI is InChI=1S/C23H31N3O2/c1-18-24-16-21(28-18)17-25-14-11-19(12-15-25)22-10-6-3-7-13-26(22)23(27)20-8-4-2-5-9-20/h2,4-5,8-9,16,19,22H,3,6-7,10-15,17H2,1H3. The molecule has 1 unspecified atom stereocenters. The molecule has 2 aliphatic heterocycles. The molecule has 5 heteroatoms. The highest BCUT2D eigenvalue weighted by Crippen LogP contribution is 2.31. The van der Waals surface area contributed by atoms with E-state index in [1.807, 2.05) is 43.5 Å². The number of aromatic nitrogens is 1. The lowest BCUT2D eigenvalue weighted by molar-refractivity contribution is 0.0509. The topological polar surface area (TPSA) is 49.6 Å². The van der Waals surface area contributed by atoms with E-state index >= 15 is 0 Å². The lowest BCUT2D eigenvalue weighted by atomic mass is 9.86. The van der Waals surface area contributed by atoms with Gasteiger partial charge in [0.2, 0.25) is 0 Å². The number of hydrogen-bond acceptors (Lipinski definition) is 4. The van der Waals surface area contributed by atoms with E-state index in [-0.39, 0.29) is 5.91 Å². The van der Waals surface area contributed by atoms with Crippen molar-refractivity contribution in [2.24, 2.45) is 5.92 Å². The van der Waals surface area contributed by atoms with Gasteiger partial charge in [-0.15, -0.1) is 0 Å². The van der Waals surface area contributed by atoms with Crippen LogP contribution in [0.3, 0.4) is 0 Å². The van der Waals surface area contributed by atoms with Gasteiger partial charge in [0, 0.05) is 25.1 Å². The van der Waals surface area contributed by atoms with Crippen LogP contribution in [0.2, 0.25) is 0 Å². The van der Waals surface area contributed by atoms with Crippen LogP contribution in [0.25, 0.3) is 0 Å². The Labute approximate surface area is 167 Å². The predicted octanol–water partition coefficient (Wildman–Crippen LogP) is 4.28. The van der Waals surface area contributed by atoms with Crippen LogP contribution in [-0.2, 0) is 6.54 Å². The fourth-order valence-corrected chi connectivity index (χ4v) is 4.82. The maximum absolute atomic E-state index is 13.2. The second-order valence-electron chi connectivity index (χ2n) is 8.24. The van der Waals surface area contributed by atoms with Crippen molar-refractivity contribution in [3.8, 4) is 0 Å². The molecule has 1 aromatic carbocycles. The average Bonchev–Trinajstić information content (AvgIpc) is 2.99. The first-order valence-electron chi connectivity index (χ1n) is 10.7. The monoisotopic (exact) mass is 381 g/mol. The van der Waals surface area contributed by atoms with Gasteiger partial charge >= 0.3 is 0 Å². The summed E-state index contributed by atoms with van der Waals surface area (Å²) >= 11 is 0. The largest absolute Gasteiger partial charge is 0.445 e. The molecule has 28 heavy (non-hydrogen) atoms. The number of benzene rings is 1. The van der Waals surface area contributed by atoms with E-state index in [2.05, 4.69) is 14.8 Å². The van der Waals surface area contributed by atoms with Gasteiger partial charge in [0.1, 0.15) is 5.76 Å². The van der Waals surface area contributed by atoms with E-state index in [4.69, 9.17) is 4.42 Å². The van der Waals surface area contributed by atoms with Crippen molar-refractivity contribution in [2.45, 2.75) is 58.0 Å². The molecule has 150 valence electrons. The van der Waals surface area contributed by atoms with Crippen molar-refractivity contribution in [3.63, 3.8) is 0 Å². The molecule has 0 N–H and O–H groups in total. The molecular weight excluding hydrogens is 350 g/mol. The fourth-order valence-electron chi connectivity index (χ4n) is 4.82. The Hall–Kier alpha value is -2.14. The summed E-state index contributed by atoms with van der Waals surface area (Å²) in [5.41, 5.74) is 0.826. The quantitative estimate of drug-likeness (QED) is 0.793. The molecular formula is C23H31N3O2. The molecule has 0 bridgehead atoms. The zero-order valence-corrected chi connectivity index (χ0v) is 16.8. The Morgan fingerprint density at radius 1 is 1.07 bits per heavy atom. The van der Waals surface area contributed by atoms with Crippen LogP contribution in [0.5, 0.6) is 0 Å². The first-order chi connectivity index (χ1) is 13.7. The first kappa shape index (κ1) is 19.2. The summed E-state index contributed by atoms with van der Waals surface area (Å²) in [5.74, 6) is 2.50. The minimum Gasteiger partial charge on any atom is -0.445 e. The Bertz CT molecular complexity index is 765. The Morgan fingerprint density at radius 3 is 2.57 bits per heavy atom. The summed E-state index contributed by atoms with van der Waals surface area (Å²) in [6.45, 7) is 5.75. The second-order valence-corrected chi connectivity index (χ2v) is 8.24. The number of likely N-dealkylation sites (tertiary alicyclic amines) is 2. The number of carbonyl (C=O) groups excluding carboxylic acids is 1. The van der Waals surface area contributed by atoms with Crippen molar-refractivity contribution in [2.75, 3.05) is 19.6 Å². The summed E-state index contributed by atoms with van der Waals surface area (Å²) in [6, 6.07) is 10.2. The maximum atomic E-state index is 13.2. The number of aryl methyl sites for hydroxylation is 1. The average molecular weight is 382 g/mol. The lowest BCUT2D eigenvalue weighted by Crippen LogP contribution is -2.47. The molecule has 2 aliphatic rings. The Morgan fingerprint density at radius 2 is 1.86 bits per heavy atom. The maximum Gasteiger partial charge on any atom is 0.254 e. The normalized spacial score (nSPS) is 22.2. The highest BCUT2D eigenvalue weighted by atomic mass is 16.4. The van der Waals surface area contributed by atoms with Gasteiger partial charge in [0.05, 0.1) is 12.7 Å². The van der Waals surface area contributed by atoms with Crippen LogP contribution >= 0.6 is 0 Å². The van der Waals surface area contributed by atoms with E-state index in [9.17, 15) is 4.79 Å². The van der Waals surface area contributed by atoms with Gasteiger partial charge in [-0.3, -0.25) is 9.69 Å². The van der Waals surface area contributed by atoms with Gasteiger partial charge in [0.15, 0.2) is 5.89 Å². The predicted molar refractivity (Wildman–Crippen MR) is 109 cm³/mol. The number of piperidine rings is 1. The molecule has 2 aromatic rings. The molecule has 5 nitrogen and oxygen atoms in total. The number of hydrogen-bond donors (Lipinski definition) is 0. The molecule has 1 amide bonds. The summed E-state index contributed by atoms with van der Waals surface area (Å²) in [6.07, 6.45) is 8.88. The van der Waals surface area contributed by atoms with E-state index in [0.29, 0.717) is 12.0 Å². The van der Waals surface area contributed by atoms with E-state index in [0.717, 1.165) is 69.1 Å². The van der Waals surface area contributed by atoms with Gasteiger partial charge in [-0.05, 0) is 56.8 Å². The fraction of sp³-hybridized carbons (Fsp3) is 0.565. The van der Waals surface area contributed by atoms with Crippen LogP contribution in [0, 0.1) is 12.8 Å². The number of carbonyl (C=O) groups is 1. The zero-order chi connectivity index (χ0) is 19.3. The molecule has 0 aliphatic carbocycles. The highest BCUT2D eigenvalue weighted by molar-refractivity contribution is 5.94. The Balaban J connectivity index is 1.40.